The van der Waals surface area contributed by atoms with E-state index in [0.717, 1.165) is 10.6 Å². The summed E-state index contributed by atoms with van der Waals surface area (Å²) in [4.78, 5) is 44.2. The molecule has 2 aromatic heterocycles. The Bertz CT molecular complexity index is 1350. The molecule has 8 heteroatoms. The Kier molecular flexibility index (Phi) is 5.56. The summed E-state index contributed by atoms with van der Waals surface area (Å²) in [6.45, 7) is 6.85. The molecule has 7 nitrogen and oxygen atoms in total. The van der Waals surface area contributed by atoms with Crippen molar-refractivity contribution in [3.63, 3.8) is 0 Å². The Morgan fingerprint density at radius 3 is 2.67 bits per heavy atom. The van der Waals surface area contributed by atoms with E-state index in [9.17, 15) is 24.0 Å². The van der Waals surface area contributed by atoms with Crippen molar-refractivity contribution in [2.24, 2.45) is 0 Å². The summed E-state index contributed by atoms with van der Waals surface area (Å²) >= 11 is 0. The van der Waals surface area contributed by atoms with E-state index < -0.39 is 23.0 Å². The Labute approximate surface area is 170 Å². The van der Waals surface area contributed by atoms with Gasteiger partial charge in [-0.1, -0.05) is 6.58 Å². The van der Waals surface area contributed by atoms with Gasteiger partial charge >= 0.3 is 5.69 Å². The molecule has 0 saturated carbocycles. The molecule has 0 bridgehead atoms. The largest absolute Gasteiger partial charge is 0.329 e. The molecule has 0 atom stereocenters. The number of nitrogens with zero attached hydrogens (tertiary/aromatic N) is 3. The molecule has 0 amide bonds. The Balaban J connectivity index is 2.31. The third-order valence-electron chi connectivity index (χ3n) is 4.44. The van der Waals surface area contributed by atoms with Crippen molar-refractivity contribution in [1.82, 2.24) is 14.5 Å². The molecular weight excluding hydrogens is 387 g/mol. The smallest absolute Gasteiger partial charge is 0.287 e. The topological polar surface area (TPSA) is 109 Å². The number of aryl methyl sites for hydroxylation is 1. The lowest BCUT2D eigenvalue weighted by molar-refractivity contribution is 0.102. The van der Waals surface area contributed by atoms with Crippen molar-refractivity contribution in [3.05, 3.63) is 103 Å². The molecule has 150 valence electrons. The maximum Gasteiger partial charge on any atom is 0.329 e. The molecule has 1 aromatic carbocycles. The second kappa shape index (κ2) is 8.09. The number of aromatic nitrogens is 3. The van der Waals surface area contributed by atoms with Crippen molar-refractivity contribution in [2.75, 3.05) is 0 Å². The number of pyridine rings is 1. The van der Waals surface area contributed by atoms with Gasteiger partial charge in [-0.2, -0.15) is 9.65 Å². The molecule has 3 rings (SSSR count). The van der Waals surface area contributed by atoms with E-state index in [1.54, 1.807) is 26.0 Å². The first-order valence-electron chi connectivity index (χ1n) is 8.91. The average molecular weight is 404 g/mol. The Hall–Kier alpha value is -4.12. The number of nitrogens with one attached hydrogen (secondary N) is 1. The first-order chi connectivity index (χ1) is 14.2. The molecule has 0 fully saturated rings. The van der Waals surface area contributed by atoms with E-state index in [4.69, 9.17) is 0 Å². The number of benzene rings is 1. The predicted molar refractivity (Wildman–Crippen MR) is 109 cm³/mol. The Morgan fingerprint density at radius 2 is 2.03 bits per heavy atom. The molecule has 30 heavy (non-hydrogen) atoms. The normalized spacial score (nSPS) is 10.5. The first-order valence-corrected chi connectivity index (χ1v) is 8.91. The second-order valence-electron chi connectivity index (χ2n) is 6.86. The molecule has 0 unspecified atom stereocenters. The van der Waals surface area contributed by atoms with Crippen LogP contribution >= 0.6 is 0 Å². The molecular formula is C22H17FN4O3. The standard InChI is InChI=1S/C22H17FN4O3/c1-12(2)18-19(20(28)16-7-13(3)6-15(8-16)10-24)27(22(30)26-21(18)29)11-14-4-5-25-17(23)9-14/h4-9H,1,11H2,2-3H3,(H,26,29,30). The van der Waals surface area contributed by atoms with Crippen LogP contribution in [0.3, 0.4) is 0 Å². The highest BCUT2D eigenvalue weighted by Crippen LogP contribution is 2.19. The number of hydrogen-bond acceptors (Lipinski definition) is 5. The van der Waals surface area contributed by atoms with Gasteiger partial charge in [0.15, 0.2) is 0 Å². The Morgan fingerprint density at radius 1 is 1.30 bits per heavy atom. The molecule has 0 spiro atoms. The summed E-state index contributed by atoms with van der Waals surface area (Å²) in [6.07, 6.45) is 1.24. The molecule has 1 N–H and O–H groups in total. The quantitative estimate of drug-likeness (QED) is 0.519. The van der Waals surface area contributed by atoms with Gasteiger partial charge in [0, 0.05) is 11.8 Å². The van der Waals surface area contributed by atoms with Crippen LogP contribution < -0.4 is 11.2 Å². The third-order valence-corrected chi connectivity index (χ3v) is 4.44. The van der Waals surface area contributed by atoms with Crippen LogP contribution in [-0.2, 0) is 6.54 Å². The fraction of sp³-hybridized carbons (Fsp3) is 0.136. The predicted octanol–water partition coefficient (Wildman–Crippen LogP) is 2.56. The molecule has 2 heterocycles. The summed E-state index contributed by atoms with van der Waals surface area (Å²) in [5, 5.41) is 9.22. The van der Waals surface area contributed by atoms with E-state index in [1.165, 1.54) is 18.3 Å². The van der Waals surface area contributed by atoms with Gasteiger partial charge in [0.2, 0.25) is 11.7 Å². The first kappa shape index (κ1) is 20.6. The minimum Gasteiger partial charge on any atom is -0.287 e. The number of hydrogen-bond donors (Lipinski definition) is 1. The molecule has 0 radical (unpaired) electrons. The van der Waals surface area contributed by atoms with Crippen molar-refractivity contribution < 1.29 is 9.18 Å². The molecule has 0 aliphatic rings. The number of ketones is 1. The van der Waals surface area contributed by atoms with Gasteiger partial charge in [0.25, 0.3) is 5.56 Å². The fourth-order valence-electron chi connectivity index (χ4n) is 3.19. The number of carbonyl (C=O) groups is 1. The van der Waals surface area contributed by atoms with Gasteiger partial charge in [-0.15, -0.1) is 0 Å². The number of H-pyrrole nitrogens is 1. The van der Waals surface area contributed by atoms with Crippen LogP contribution in [0.25, 0.3) is 5.57 Å². The zero-order valence-corrected chi connectivity index (χ0v) is 16.3. The highest BCUT2D eigenvalue weighted by Gasteiger charge is 2.24. The summed E-state index contributed by atoms with van der Waals surface area (Å²) in [7, 11) is 0. The average Bonchev–Trinajstić information content (AvgIpc) is 2.68. The number of carbonyl (C=O) groups excluding carboxylic acids is 1. The number of halogens is 1. The lowest BCUT2D eigenvalue weighted by atomic mass is 9.97. The van der Waals surface area contributed by atoms with Gasteiger partial charge in [-0.25, -0.2) is 9.78 Å². The van der Waals surface area contributed by atoms with Crippen LogP contribution in [0, 0.1) is 24.2 Å². The van der Waals surface area contributed by atoms with Gasteiger partial charge in [-0.3, -0.25) is 19.1 Å². The van der Waals surface area contributed by atoms with Crippen molar-refractivity contribution in [2.45, 2.75) is 20.4 Å². The molecule has 0 saturated heterocycles. The van der Waals surface area contributed by atoms with E-state index in [0.29, 0.717) is 11.1 Å². The minimum absolute atomic E-state index is 0.0471. The van der Waals surface area contributed by atoms with Crippen LogP contribution in [0.15, 0.2) is 52.7 Å². The summed E-state index contributed by atoms with van der Waals surface area (Å²) in [5.41, 5.74) is -0.0529. The monoisotopic (exact) mass is 404 g/mol. The maximum atomic E-state index is 13.5. The van der Waals surface area contributed by atoms with Gasteiger partial charge in [0.1, 0.15) is 5.69 Å². The third kappa shape index (κ3) is 4.00. The van der Waals surface area contributed by atoms with Gasteiger partial charge < -0.3 is 0 Å². The van der Waals surface area contributed by atoms with Crippen LogP contribution in [0.1, 0.15) is 45.2 Å². The van der Waals surface area contributed by atoms with E-state index in [-0.39, 0.29) is 34.5 Å². The van der Waals surface area contributed by atoms with Gasteiger partial charge in [-0.05, 0) is 60.9 Å². The molecule has 0 aliphatic carbocycles. The summed E-state index contributed by atoms with van der Waals surface area (Å²) in [6, 6.07) is 9.17. The lowest BCUT2D eigenvalue weighted by Crippen LogP contribution is -2.37. The van der Waals surface area contributed by atoms with Crippen LogP contribution in [0.5, 0.6) is 0 Å². The maximum absolute atomic E-state index is 13.5. The van der Waals surface area contributed by atoms with E-state index in [1.807, 2.05) is 6.07 Å². The molecule has 0 aliphatic heterocycles. The molecule has 3 aromatic rings. The zero-order valence-electron chi connectivity index (χ0n) is 16.3. The van der Waals surface area contributed by atoms with Crippen LogP contribution in [-0.4, -0.2) is 20.3 Å². The zero-order chi connectivity index (χ0) is 22.0. The fourth-order valence-corrected chi connectivity index (χ4v) is 3.19. The van der Waals surface area contributed by atoms with Gasteiger partial charge in [0.05, 0.1) is 23.7 Å². The van der Waals surface area contributed by atoms with Crippen molar-refractivity contribution in [1.29, 1.82) is 5.26 Å². The van der Waals surface area contributed by atoms with Crippen LogP contribution in [0.2, 0.25) is 0 Å². The highest BCUT2D eigenvalue weighted by molar-refractivity contribution is 6.10. The SMILES string of the molecule is C=C(C)c1c(C(=O)c2cc(C)cc(C#N)c2)n(Cc2ccnc(F)c2)c(=O)[nH]c1=O. The second-order valence-corrected chi connectivity index (χ2v) is 6.86. The van der Waals surface area contributed by atoms with Crippen molar-refractivity contribution >= 4 is 11.4 Å². The number of rotatable bonds is 5. The van der Waals surface area contributed by atoms with E-state index >= 15 is 0 Å². The van der Waals surface area contributed by atoms with Crippen LogP contribution in [0.4, 0.5) is 4.39 Å². The van der Waals surface area contributed by atoms with Crippen molar-refractivity contribution in [3.8, 4) is 6.07 Å². The number of nitriles is 1. The minimum atomic E-state index is -0.821. The lowest BCUT2D eigenvalue weighted by Gasteiger charge is -2.16. The summed E-state index contributed by atoms with van der Waals surface area (Å²) < 4.78 is 14.6. The number of aromatic amines is 1. The summed E-state index contributed by atoms with van der Waals surface area (Å²) in [5.74, 6) is -1.36. The number of allylic oxidation sites excluding steroid dienone is 1. The van der Waals surface area contributed by atoms with E-state index in [2.05, 4.69) is 16.5 Å². The highest BCUT2D eigenvalue weighted by atomic mass is 19.1.